The molecule has 0 aromatic rings. The SMILES string of the molecule is CCCCCC/C=C/CCCCCCCCCCC[N+](CCCCC(=O)O)(CCCCC(=O)O)CCCCC(=O)O. The fourth-order valence-electron chi connectivity index (χ4n) is 5.71. The largest absolute Gasteiger partial charge is 0.481 e. The van der Waals surface area contributed by atoms with E-state index >= 15 is 0 Å². The van der Waals surface area contributed by atoms with Gasteiger partial charge in [0.1, 0.15) is 0 Å². The van der Waals surface area contributed by atoms with Gasteiger partial charge in [0.15, 0.2) is 0 Å². The Hall–Kier alpha value is -1.89. The van der Waals surface area contributed by atoms with Crippen molar-refractivity contribution in [1.82, 2.24) is 0 Å². The molecule has 0 rings (SSSR count). The lowest BCUT2D eigenvalue weighted by Crippen LogP contribution is -2.51. The first-order valence-electron chi connectivity index (χ1n) is 17.0. The Labute approximate surface area is 251 Å². The average molecular weight is 583 g/mol. The van der Waals surface area contributed by atoms with Crippen molar-refractivity contribution in [2.45, 2.75) is 161 Å². The molecule has 0 aliphatic heterocycles. The van der Waals surface area contributed by atoms with Crippen molar-refractivity contribution in [2.24, 2.45) is 0 Å². The highest BCUT2D eigenvalue weighted by atomic mass is 16.4. The standard InChI is InChI=1S/C34H63NO6/c1-2-3-4-5-6-7-8-9-10-11-12-13-14-15-16-17-21-28-35(29-22-18-25-32(36)37,30-23-19-26-33(38)39)31-24-20-27-34(40)41/h7-8H,2-6,9-31H2,1H3,(H2-,36,37,38,39,40,41)/p+1/b8-7+. The number of nitrogens with zero attached hydrogens (tertiary/aromatic N) is 1. The molecule has 0 atom stereocenters. The van der Waals surface area contributed by atoms with Crippen molar-refractivity contribution < 1.29 is 34.2 Å². The lowest BCUT2D eigenvalue weighted by Gasteiger charge is -2.39. The summed E-state index contributed by atoms with van der Waals surface area (Å²) in [5, 5.41) is 27.1. The third-order valence-electron chi connectivity index (χ3n) is 8.21. The molecule has 0 saturated heterocycles. The van der Waals surface area contributed by atoms with E-state index in [1.807, 2.05) is 0 Å². The molecule has 0 spiro atoms. The minimum Gasteiger partial charge on any atom is -0.481 e. The molecule has 7 nitrogen and oxygen atoms in total. The predicted molar refractivity (Wildman–Crippen MR) is 168 cm³/mol. The number of aliphatic carboxylic acids is 3. The number of carboxylic acid groups (broad SMARTS) is 3. The van der Waals surface area contributed by atoms with E-state index in [0.29, 0.717) is 19.3 Å². The van der Waals surface area contributed by atoms with Crippen LogP contribution in [0.15, 0.2) is 12.2 Å². The number of rotatable bonds is 32. The van der Waals surface area contributed by atoms with E-state index in [9.17, 15) is 14.4 Å². The molecule has 240 valence electrons. The van der Waals surface area contributed by atoms with E-state index in [0.717, 1.165) is 56.3 Å². The van der Waals surface area contributed by atoms with Crippen LogP contribution in [0.3, 0.4) is 0 Å². The summed E-state index contributed by atoms with van der Waals surface area (Å²) in [7, 11) is 0. The van der Waals surface area contributed by atoms with E-state index < -0.39 is 17.9 Å². The quantitative estimate of drug-likeness (QED) is 0.0414. The summed E-state index contributed by atoms with van der Waals surface area (Å²) in [5.74, 6) is -2.30. The van der Waals surface area contributed by atoms with Gasteiger partial charge in [-0.05, 0) is 77.0 Å². The summed E-state index contributed by atoms with van der Waals surface area (Å²) in [6.07, 6.45) is 28.9. The smallest absolute Gasteiger partial charge is 0.303 e. The Kier molecular flexibility index (Phi) is 26.9. The molecular formula is C34H64NO6+. The van der Waals surface area contributed by atoms with Crippen LogP contribution < -0.4 is 0 Å². The summed E-state index contributed by atoms with van der Waals surface area (Å²) < 4.78 is 0.867. The van der Waals surface area contributed by atoms with E-state index in [1.54, 1.807) is 0 Å². The van der Waals surface area contributed by atoms with Crippen LogP contribution in [0.1, 0.15) is 161 Å². The average Bonchev–Trinajstić information content (AvgIpc) is 2.93. The number of quaternary nitrogens is 1. The third kappa shape index (κ3) is 28.0. The second-order valence-corrected chi connectivity index (χ2v) is 12.1. The third-order valence-corrected chi connectivity index (χ3v) is 8.21. The summed E-state index contributed by atoms with van der Waals surface area (Å²) in [4.78, 5) is 33.0. The highest BCUT2D eigenvalue weighted by Crippen LogP contribution is 2.20. The van der Waals surface area contributed by atoms with Crippen molar-refractivity contribution in [3.05, 3.63) is 12.2 Å². The minimum atomic E-state index is -0.768. The molecule has 3 N–H and O–H groups in total. The van der Waals surface area contributed by atoms with Gasteiger partial charge in [-0.15, -0.1) is 0 Å². The predicted octanol–water partition coefficient (Wildman–Crippen LogP) is 9.00. The molecule has 7 heteroatoms. The molecule has 0 saturated carbocycles. The Morgan fingerprint density at radius 1 is 0.439 bits per heavy atom. The molecular weight excluding hydrogens is 518 g/mol. The van der Waals surface area contributed by atoms with Gasteiger partial charge in [0.2, 0.25) is 0 Å². The molecule has 0 aromatic carbocycles. The monoisotopic (exact) mass is 582 g/mol. The first-order valence-corrected chi connectivity index (χ1v) is 17.0. The van der Waals surface area contributed by atoms with Gasteiger partial charge in [-0.1, -0.05) is 76.9 Å². The van der Waals surface area contributed by atoms with Crippen molar-refractivity contribution in [2.75, 3.05) is 26.2 Å². The van der Waals surface area contributed by atoms with Crippen molar-refractivity contribution in [3.8, 4) is 0 Å². The molecule has 0 heterocycles. The first kappa shape index (κ1) is 39.1. The normalized spacial score (nSPS) is 11.8. The molecule has 41 heavy (non-hydrogen) atoms. The van der Waals surface area contributed by atoms with Crippen molar-refractivity contribution >= 4 is 17.9 Å². The minimum absolute atomic E-state index is 0.174. The van der Waals surface area contributed by atoms with Crippen LogP contribution in [0.25, 0.3) is 0 Å². The van der Waals surface area contributed by atoms with E-state index in [2.05, 4.69) is 19.1 Å². The number of allylic oxidation sites excluding steroid dienone is 2. The molecule has 0 amide bonds. The van der Waals surface area contributed by atoms with Crippen LogP contribution in [0.5, 0.6) is 0 Å². The summed E-state index contributed by atoms with van der Waals surface area (Å²) >= 11 is 0. The fourth-order valence-corrected chi connectivity index (χ4v) is 5.71. The van der Waals surface area contributed by atoms with Crippen LogP contribution in [0, 0.1) is 0 Å². The second kappa shape index (κ2) is 28.2. The zero-order chi connectivity index (χ0) is 30.4. The lowest BCUT2D eigenvalue weighted by atomic mass is 10.0. The maximum atomic E-state index is 11.0. The van der Waals surface area contributed by atoms with Crippen LogP contribution in [0.4, 0.5) is 0 Å². The molecule has 0 unspecified atom stereocenters. The van der Waals surface area contributed by atoms with E-state index in [1.165, 1.54) is 89.9 Å². The van der Waals surface area contributed by atoms with Crippen LogP contribution in [0.2, 0.25) is 0 Å². The molecule has 0 radical (unpaired) electrons. The second-order valence-electron chi connectivity index (χ2n) is 12.1. The van der Waals surface area contributed by atoms with Crippen LogP contribution >= 0.6 is 0 Å². The molecule has 0 aromatic heterocycles. The van der Waals surface area contributed by atoms with Gasteiger partial charge in [-0.25, -0.2) is 0 Å². The highest BCUT2D eigenvalue weighted by molar-refractivity contribution is 5.67. The molecule has 0 aliphatic carbocycles. The summed E-state index contributed by atoms with van der Waals surface area (Å²) in [6, 6.07) is 0. The van der Waals surface area contributed by atoms with Crippen LogP contribution in [-0.2, 0) is 14.4 Å². The maximum absolute atomic E-state index is 11.0. The first-order chi connectivity index (χ1) is 19.8. The Morgan fingerprint density at radius 2 is 0.732 bits per heavy atom. The van der Waals surface area contributed by atoms with Gasteiger partial charge in [0, 0.05) is 19.3 Å². The Balaban J connectivity index is 4.39. The molecule has 0 aliphatic rings. The lowest BCUT2D eigenvalue weighted by molar-refractivity contribution is -0.929. The van der Waals surface area contributed by atoms with Crippen molar-refractivity contribution in [1.29, 1.82) is 0 Å². The number of carbonyl (C=O) groups is 3. The number of unbranched alkanes of at least 4 members (excludes halogenated alkanes) is 16. The van der Waals surface area contributed by atoms with Gasteiger partial charge in [-0.2, -0.15) is 0 Å². The number of hydrogen-bond donors (Lipinski definition) is 3. The number of hydrogen-bond acceptors (Lipinski definition) is 3. The zero-order valence-electron chi connectivity index (χ0n) is 26.5. The topological polar surface area (TPSA) is 112 Å². The maximum Gasteiger partial charge on any atom is 0.303 e. The molecule has 0 fully saturated rings. The van der Waals surface area contributed by atoms with Gasteiger partial charge in [-0.3, -0.25) is 14.4 Å². The summed E-state index contributed by atoms with van der Waals surface area (Å²) in [5.41, 5.74) is 0. The van der Waals surface area contributed by atoms with Gasteiger partial charge < -0.3 is 19.8 Å². The fraction of sp³-hybridized carbons (Fsp3) is 0.853. The van der Waals surface area contributed by atoms with Crippen molar-refractivity contribution in [3.63, 3.8) is 0 Å². The highest BCUT2D eigenvalue weighted by Gasteiger charge is 2.26. The van der Waals surface area contributed by atoms with Gasteiger partial charge in [0.05, 0.1) is 26.2 Å². The van der Waals surface area contributed by atoms with E-state index in [4.69, 9.17) is 15.3 Å². The Morgan fingerprint density at radius 3 is 1.07 bits per heavy atom. The van der Waals surface area contributed by atoms with Gasteiger partial charge in [0.25, 0.3) is 0 Å². The number of carboxylic acids is 3. The van der Waals surface area contributed by atoms with Crippen LogP contribution in [-0.4, -0.2) is 63.9 Å². The molecule has 0 bridgehead atoms. The van der Waals surface area contributed by atoms with E-state index in [-0.39, 0.29) is 19.3 Å². The zero-order valence-corrected chi connectivity index (χ0v) is 26.5. The Bertz CT molecular complexity index is 623. The van der Waals surface area contributed by atoms with Gasteiger partial charge >= 0.3 is 17.9 Å². The summed E-state index contributed by atoms with van der Waals surface area (Å²) in [6.45, 7) is 5.94.